The molecule has 0 fully saturated rings. The van der Waals surface area contributed by atoms with Gasteiger partial charge in [-0.15, -0.1) is 0 Å². The van der Waals surface area contributed by atoms with Gasteiger partial charge in [0.05, 0.1) is 19.6 Å². The molecule has 8 heteroatoms. The maximum Gasteiger partial charge on any atom is 0.303 e. The predicted molar refractivity (Wildman–Crippen MR) is 59.7 cm³/mol. The average molecular weight is 268 g/mol. The molecule has 108 valence electrons. The van der Waals surface area contributed by atoms with E-state index in [0.29, 0.717) is 0 Å². The van der Waals surface area contributed by atoms with E-state index in [1.54, 1.807) is 0 Å². The summed E-state index contributed by atoms with van der Waals surface area (Å²) in [5.41, 5.74) is 0. The van der Waals surface area contributed by atoms with Crippen LogP contribution in [0.15, 0.2) is 0 Å². The summed E-state index contributed by atoms with van der Waals surface area (Å²) in [4.78, 5) is 19.8. The van der Waals surface area contributed by atoms with Crippen LogP contribution in [0.2, 0.25) is 0 Å². The van der Waals surface area contributed by atoms with E-state index in [0.717, 1.165) is 0 Å². The third-order valence-electron chi connectivity index (χ3n) is 1.85. The van der Waals surface area contributed by atoms with Gasteiger partial charge in [0.2, 0.25) is 0 Å². The molecule has 0 radical (unpaired) electrons. The highest BCUT2D eigenvalue weighted by Crippen LogP contribution is 1.98. The molecule has 0 amide bonds. The number of carboxylic acids is 1. The molecular formula is C10H20O8. The first kappa shape index (κ1) is 19.3. The lowest BCUT2D eigenvalue weighted by atomic mass is 10.1. The van der Waals surface area contributed by atoms with Crippen molar-refractivity contribution >= 4 is 11.8 Å². The number of hydrogen-bond acceptors (Lipinski definition) is 7. The van der Waals surface area contributed by atoms with E-state index in [1.165, 1.54) is 6.92 Å². The molecule has 0 spiro atoms. The van der Waals surface area contributed by atoms with Crippen molar-refractivity contribution in [1.29, 1.82) is 0 Å². The number of hydrogen-bond donors (Lipinski definition) is 6. The average Bonchev–Trinajstić information content (AvgIpc) is 2.34. The second kappa shape index (κ2) is 11.1. The third kappa shape index (κ3) is 11.4. The minimum atomic E-state index is -1.49. The minimum Gasteiger partial charge on any atom is -0.481 e. The van der Waals surface area contributed by atoms with Crippen LogP contribution >= 0.6 is 0 Å². The first-order valence-electron chi connectivity index (χ1n) is 5.23. The molecule has 0 rings (SSSR count). The van der Waals surface area contributed by atoms with Crippen molar-refractivity contribution in [2.45, 2.75) is 38.1 Å². The number of ketones is 1. The van der Waals surface area contributed by atoms with E-state index in [1.807, 2.05) is 0 Å². The molecule has 0 aliphatic rings. The van der Waals surface area contributed by atoms with E-state index in [2.05, 4.69) is 0 Å². The number of Topliss-reactive ketones (excluding diaryl/α,β-unsaturated/α-hetero) is 1. The monoisotopic (exact) mass is 268 g/mol. The minimum absolute atomic E-state index is 0.0463. The quantitative estimate of drug-likeness (QED) is 0.296. The van der Waals surface area contributed by atoms with Crippen LogP contribution in [0.4, 0.5) is 0 Å². The van der Waals surface area contributed by atoms with Gasteiger partial charge in [0.15, 0.2) is 0 Å². The Kier molecular flexibility index (Phi) is 11.8. The Hall–Kier alpha value is -1.06. The number of aliphatic hydroxyl groups is 5. The van der Waals surface area contributed by atoms with E-state index in [-0.39, 0.29) is 18.6 Å². The lowest BCUT2D eigenvalue weighted by Crippen LogP contribution is -2.41. The van der Waals surface area contributed by atoms with Gasteiger partial charge in [0, 0.05) is 6.42 Å². The molecule has 0 aliphatic heterocycles. The van der Waals surface area contributed by atoms with Gasteiger partial charge in [-0.05, 0) is 6.92 Å². The standard InChI is InChI=1S/C5H12O5.C5H8O3/c6-1-3(8)5(10)4(9)2-7;1-4(6)2-3-5(7)8/h3-10H,1-2H2;2-3H2,1H3,(H,7,8). The van der Waals surface area contributed by atoms with Gasteiger partial charge in [-0.1, -0.05) is 0 Å². The number of carboxylic acid groups (broad SMARTS) is 1. The molecule has 0 saturated heterocycles. The maximum atomic E-state index is 10.1. The molecular weight excluding hydrogens is 248 g/mol. The fourth-order valence-electron chi connectivity index (χ4n) is 0.755. The molecule has 0 saturated carbocycles. The molecule has 0 aliphatic carbocycles. The Balaban J connectivity index is 0. The summed E-state index contributed by atoms with van der Waals surface area (Å²) in [6.07, 6.45) is -4.19. The van der Waals surface area contributed by atoms with E-state index in [4.69, 9.17) is 30.6 Å². The lowest BCUT2D eigenvalue weighted by molar-refractivity contribution is -0.138. The highest BCUT2D eigenvalue weighted by atomic mass is 16.4. The first-order chi connectivity index (χ1) is 8.26. The summed E-state index contributed by atoms with van der Waals surface area (Å²) in [7, 11) is 0. The van der Waals surface area contributed by atoms with Gasteiger partial charge in [-0.2, -0.15) is 0 Å². The highest BCUT2D eigenvalue weighted by molar-refractivity contribution is 5.80. The van der Waals surface area contributed by atoms with Crippen LogP contribution in [0.5, 0.6) is 0 Å². The Labute approximate surface area is 104 Å². The van der Waals surface area contributed by atoms with Crippen molar-refractivity contribution in [2.75, 3.05) is 13.2 Å². The Bertz CT molecular complexity index is 218. The lowest BCUT2D eigenvalue weighted by Gasteiger charge is -2.19. The van der Waals surface area contributed by atoms with Gasteiger partial charge in [-0.25, -0.2) is 0 Å². The molecule has 0 aromatic rings. The van der Waals surface area contributed by atoms with Gasteiger partial charge in [-0.3, -0.25) is 4.79 Å². The number of carbonyl (C=O) groups excluding carboxylic acids is 1. The van der Waals surface area contributed by atoms with Crippen molar-refractivity contribution in [2.24, 2.45) is 0 Å². The molecule has 8 nitrogen and oxygen atoms in total. The van der Waals surface area contributed by atoms with Gasteiger partial charge < -0.3 is 35.4 Å². The number of aliphatic carboxylic acids is 1. The molecule has 0 aromatic heterocycles. The normalized spacial score (nSPS) is 15.0. The molecule has 6 N–H and O–H groups in total. The van der Waals surface area contributed by atoms with Gasteiger partial charge in [0.25, 0.3) is 0 Å². The zero-order valence-corrected chi connectivity index (χ0v) is 10.1. The summed E-state index contributed by atoms with van der Waals surface area (Å²) in [6.45, 7) is 0.0966. The smallest absolute Gasteiger partial charge is 0.303 e. The van der Waals surface area contributed by atoms with Crippen molar-refractivity contribution < 1.29 is 40.2 Å². The summed E-state index contributed by atoms with van der Waals surface area (Å²) in [5.74, 6) is -0.993. The van der Waals surface area contributed by atoms with Crippen LogP contribution < -0.4 is 0 Å². The van der Waals surface area contributed by atoms with Crippen molar-refractivity contribution in [3.05, 3.63) is 0 Å². The Morgan fingerprint density at radius 1 is 0.944 bits per heavy atom. The van der Waals surface area contributed by atoms with Crippen molar-refractivity contribution in [1.82, 2.24) is 0 Å². The second-order valence-corrected chi connectivity index (χ2v) is 3.59. The van der Waals surface area contributed by atoms with Crippen LogP contribution in [-0.4, -0.2) is 73.9 Å². The van der Waals surface area contributed by atoms with E-state index >= 15 is 0 Å². The summed E-state index contributed by atoms with van der Waals surface area (Å²) < 4.78 is 0. The number of aliphatic hydroxyl groups excluding tert-OH is 5. The van der Waals surface area contributed by atoms with Crippen molar-refractivity contribution in [3.63, 3.8) is 0 Å². The van der Waals surface area contributed by atoms with Crippen LogP contribution in [0.25, 0.3) is 0 Å². The summed E-state index contributed by atoms with van der Waals surface area (Å²) in [5, 5.41) is 50.6. The summed E-state index contributed by atoms with van der Waals surface area (Å²) in [6, 6.07) is 0. The third-order valence-corrected chi connectivity index (χ3v) is 1.85. The predicted octanol–water partition coefficient (Wildman–Crippen LogP) is -2.51. The Morgan fingerprint density at radius 3 is 1.50 bits per heavy atom. The molecule has 0 bridgehead atoms. The molecule has 0 aromatic carbocycles. The molecule has 0 heterocycles. The number of rotatable bonds is 7. The second-order valence-electron chi connectivity index (χ2n) is 3.59. The molecule has 18 heavy (non-hydrogen) atoms. The van der Waals surface area contributed by atoms with E-state index in [9.17, 15) is 9.59 Å². The summed E-state index contributed by atoms with van der Waals surface area (Å²) >= 11 is 0. The van der Waals surface area contributed by atoms with Crippen molar-refractivity contribution in [3.8, 4) is 0 Å². The fourth-order valence-corrected chi connectivity index (χ4v) is 0.755. The number of carbonyl (C=O) groups is 2. The van der Waals surface area contributed by atoms with Crippen LogP contribution in [0, 0.1) is 0 Å². The fraction of sp³-hybridized carbons (Fsp3) is 0.800. The van der Waals surface area contributed by atoms with Gasteiger partial charge in [0.1, 0.15) is 24.1 Å². The molecule has 2 unspecified atom stereocenters. The SMILES string of the molecule is CC(=O)CCC(=O)O.OCC(O)C(O)C(O)CO. The van der Waals surface area contributed by atoms with Crippen LogP contribution in [-0.2, 0) is 9.59 Å². The van der Waals surface area contributed by atoms with Crippen LogP contribution in [0.3, 0.4) is 0 Å². The molecule has 2 atom stereocenters. The van der Waals surface area contributed by atoms with E-state index < -0.39 is 37.5 Å². The maximum absolute atomic E-state index is 10.1. The first-order valence-corrected chi connectivity index (χ1v) is 5.23. The topological polar surface area (TPSA) is 156 Å². The largest absolute Gasteiger partial charge is 0.481 e. The Morgan fingerprint density at radius 2 is 1.33 bits per heavy atom. The zero-order chi connectivity index (χ0) is 14.7. The van der Waals surface area contributed by atoms with Gasteiger partial charge >= 0.3 is 5.97 Å². The van der Waals surface area contributed by atoms with Crippen LogP contribution in [0.1, 0.15) is 19.8 Å². The highest BCUT2D eigenvalue weighted by Gasteiger charge is 2.22. The zero-order valence-electron chi connectivity index (χ0n) is 10.1.